The summed E-state index contributed by atoms with van der Waals surface area (Å²) >= 11 is 7.20. The number of anilines is 1. The molecule has 0 spiro atoms. The average Bonchev–Trinajstić information content (AvgIpc) is 2.72. The Morgan fingerprint density at radius 1 is 1.43 bits per heavy atom. The first kappa shape index (κ1) is 16.1. The number of hydrogen-bond acceptors (Lipinski definition) is 8. The Kier molecular flexibility index (Phi) is 3.75. The number of rotatable bonds is 4. The van der Waals surface area contributed by atoms with Crippen LogP contribution in [0.1, 0.15) is 13.8 Å². The predicted octanol–water partition coefficient (Wildman–Crippen LogP) is 0.461. The highest BCUT2D eigenvalue weighted by Gasteiger charge is 2.64. The Morgan fingerprint density at radius 2 is 2.13 bits per heavy atom. The zero-order valence-electron chi connectivity index (χ0n) is 12.5. The lowest BCUT2D eigenvalue weighted by Crippen LogP contribution is -2.68. The normalized spacial score (nSPS) is 28.1. The van der Waals surface area contributed by atoms with Crippen molar-refractivity contribution in [3.05, 3.63) is 5.28 Å². The number of carboxylic acid groups (broad SMARTS) is 1. The number of carboxylic acids is 1. The third kappa shape index (κ3) is 2.55. The molecule has 2 N–H and O–H groups in total. The van der Waals surface area contributed by atoms with Crippen molar-refractivity contribution in [2.75, 3.05) is 12.4 Å². The average molecular weight is 360 g/mol. The molecule has 3 rings (SSSR count). The van der Waals surface area contributed by atoms with Crippen LogP contribution in [0.25, 0.3) is 0 Å². The molecule has 124 valence electrons. The second kappa shape index (κ2) is 5.38. The Balaban J connectivity index is 1.81. The molecule has 2 aliphatic heterocycles. The van der Waals surface area contributed by atoms with Crippen molar-refractivity contribution in [1.29, 1.82) is 0 Å². The molecule has 0 aromatic carbocycles. The summed E-state index contributed by atoms with van der Waals surface area (Å²) in [5, 5.41) is 11.9. The van der Waals surface area contributed by atoms with Crippen LogP contribution in [0.3, 0.4) is 0 Å². The van der Waals surface area contributed by atoms with Gasteiger partial charge in [-0.3, -0.25) is 4.79 Å². The van der Waals surface area contributed by atoms with E-state index in [2.05, 4.69) is 20.3 Å². The number of carbonyl (C=O) groups is 2. The molecule has 2 fully saturated rings. The molecule has 3 heterocycles. The summed E-state index contributed by atoms with van der Waals surface area (Å²) in [6.45, 7) is 3.61. The van der Waals surface area contributed by atoms with E-state index >= 15 is 0 Å². The maximum Gasteiger partial charge on any atom is 0.327 e. The molecule has 23 heavy (non-hydrogen) atoms. The summed E-state index contributed by atoms with van der Waals surface area (Å²) in [6.07, 6.45) is 0. The van der Waals surface area contributed by atoms with Crippen LogP contribution in [0.4, 0.5) is 5.95 Å². The van der Waals surface area contributed by atoms with Gasteiger partial charge >= 0.3 is 12.0 Å². The van der Waals surface area contributed by atoms with Gasteiger partial charge in [0, 0.05) is 4.75 Å². The number of amides is 1. The number of β-lactam (4-membered cyclic amide) rings is 1. The van der Waals surface area contributed by atoms with Gasteiger partial charge in [0.1, 0.15) is 17.5 Å². The van der Waals surface area contributed by atoms with Crippen molar-refractivity contribution < 1.29 is 19.4 Å². The van der Waals surface area contributed by atoms with Gasteiger partial charge in [0.25, 0.3) is 0 Å². The van der Waals surface area contributed by atoms with Crippen LogP contribution < -0.4 is 10.1 Å². The monoisotopic (exact) mass is 359 g/mol. The molecular formula is C12H14ClN5O4S. The van der Waals surface area contributed by atoms with Gasteiger partial charge in [0.05, 0.1) is 7.11 Å². The van der Waals surface area contributed by atoms with Gasteiger partial charge in [-0.15, -0.1) is 11.8 Å². The second-order valence-corrected chi connectivity index (χ2v) is 7.74. The molecule has 2 aliphatic rings. The van der Waals surface area contributed by atoms with Crippen molar-refractivity contribution >= 4 is 41.2 Å². The number of ether oxygens (including phenoxy) is 1. The lowest BCUT2D eigenvalue weighted by molar-refractivity contribution is -0.158. The fourth-order valence-electron chi connectivity index (χ4n) is 2.77. The summed E-state index contributed by atoms with van der Waals surface area (Å²) in [6, 6.07) is -1.45. The lowest BCUT2D eigenvalue weighted by Gasteiger charge is -2.43. The first-order chi connectivity index (χ1) is 10.7. The van der Waals surface area contributed by atoms with E-state index in [1.165, 1.54) is 23.8 Å². The minimum absolute atomic E-state index is 0.0268. The molecule has 0 bridgehead atoms. The summed E-state index contributed by atoms with van der Waals surface area (Å²) in [5.74, 6) is -1.21. The lowest BCUT2D eigenvalue weighted by atomic mass is 9.96. The molecule has 2 saturated heterocycles. The summed E-state index contributed by atoms with van der Waals surface area (Å²) < 4.78 is 4.31. The fourth-order valence-corrected chi connectivity index (χ4v) is 4.55. The van der Waals surface area contributed by atoms with E-state index in [9.17, 15) is 14.7 Å². The summed E-state index contributed by atoms with van der Waals surface area (Å²) in [7, 11) is 1.39. The van der Waals surface area contributed by atoms with E-state index in [0.717, 1.165) is 0 Å². The zero-order chi connectivity index (χ0) is 16.9. The van der Waals surface area contributed by atoms with Gasteiger partial charge in [0.15, 0.2) is 0 Å². The molecule has 0 saturated carbocycles. The molecule has 3 unspecified atom stereocenters. The molecule has 11 heteroatoms. The molecule has 1 aromatic heterocycles. The molecule has 3 atom stereocenters. The molecule has 1 amide bonds. The van der Waals surface area contributed by atoms with Crippen LogP contribution in [-0.4, -0.2) is 66.1 Å². The van der Waals surface area contributed by atoms with Crippen molar-refractivity contribution in [2.45, 2.75) is 36.1 Å². The number of hydrogen-bond donors (Lipinski definition) is 2. The van der Waals surface area contributed by atoms with Crippen LogP contribution in [0, 0.1) is 0 Å². The quantitative estimate of drug-likeness (QED) is 0.739. The molecule has 0 aliphatic carbocycles. The standard InChI is InChI=1S/C12H14ClN5O4S/c1-12(2)5(8(20)21)18-6(19)4(7(18)23-12)14-10-15-9(13)16-11(17-10)22-3/h4-5,7H,1-3H3,(H,20,21)(H,14,15,16,17). The van der Waals surface area contributed by atoms with E-state index in [1.807, 2.05) is 13.8 Å². The number of methoxy groups -OCH3 is 1. The zero-order valence-corrected chi connectivity index (χ0v) is 14.1. The van der Waals surface area contributed by atoms with Gasteiger partial charge in [-0.1, -0.05) is 0 Å². The van der Waals surface area contributed by atoms with Crippen LogP contribution >= 0.6 is 23.4 Å². The van der Waals surface area contributed by atoms with E-state index in [-0.39, 0.29) is 28.5 Å². The largest absolute Gasteiger partial charge is 0.480 e. The Bertz CT molecular complexity index is 687. The summed E-state index contributed by atoms with van der Waals surface area (Å²) in [4.78, 5) is 36.8. The third-order valence-electron chi connectivity index (χ3n) is 3.73. The minimum Gasteiger partial charge on any atom is -0.480 e. The molecule has 9 nitrogen and oxygen atoms in total. The number of nitrogens with zero attached hydrogens (tertiary/aromatic N) is 4. The van der Waals surface area contributed by atoms with Crippen molar-refractivity contribution in [3.63, 3.8) is 0 Å². The number of aromatic nitrogens is 3. The van der Waals surface area contributed by atoms with E-state index in [0.29, 0.717) is 0 Å². The van der Waals surface area contributed by atoms with Gasteiger partial charge < -0.3 is 20.1 Å². The number of fused-ring (bicyclic) bond motifs is 1. The van der Waals surface area contributed by atoms with Gasteiger partial charge in [-0.05, 0) is 25.4 Å². The first-order valence-electron chi connectivity index (χ1n) is 6.69. The molecular weight excluding hydrogens is 346 g/mol. The number of thioether (sulfide) groups is 1. The van der Waals surface area contributed by atoms with Crippen LogP contribution in [0.2, 0.25) is 5.28 Å². The highest BCUT2D eigenvalue weighted by molar-refractivity contribution is 8.01. The van der Waals surface area contributed by atoms with Crippen LogP contribution in [-0.2, 0) is 9.59 Å². The van der Waals surface area contributed by atoms with Gasteiger partial charge in [-0.2, -0.15) is 15.0 Å². The van der Waals surface area contributed by atoms with Gasteiger partial charge in [-0.25, -0.2) is 4.79 Å². The van der Waals surface area contributed by atoms with Crippen LogP contribution in [0.5, 0.6) is 6.01 Å². The number of nitrogens with one attached hydrogen (secondary N) is 1. The molecule has 0 radical (unpaired) electrons. The van der Waals surface area contributed by atoms with E-state index in [4.69, 9.17) is 16.3 Å². The SMILES string of the molecule is COc1nc(Cl)nc(NC2C(=O)N3C2SC(C)(C)C3C(=O)O)n1. The van der Waals surface area contributed by atoms with Gasteiger partial charge in [0.2, 0.25) is 17.1 Å². The molecule has 1 aromatic rings. The van der Waals surface area contributed by atoms with Crippen molar-refractivity contribution in [1.82, 2.24) is 19.9 Å². The predicted molar refractivity (Wildman–Crippen MR) is 82.5 cm³/mol. The Hall–Kier alpha value is -1.81. The van der Waals surface area contributed by atoms with Crippen molar-refractivity contribution in [3.8, 4) is 6.01 Å². The maximum atomic E-state index is 12.3. The topological polar surface area (TPSA) is 118 Å². The van der Waals surface area contributed by atoms with E-state index in [1.54, 1.807) is 0 Å². The van der Waals surface area contributed by atoms with Crippen LogP contribution in [0.15, 0.2) is 0 Å². The highest BCUT2D eigenvalue weighted by Crippen LogP contribution is 2.51. The second-order valence-electron chi connectivity index (χ2n) is 5.63. The Morgan fingerprint density at radius 3 is 2.74 bits per heavy atom. The van der Waals surface area contributed by atoms with Crippen molar-refractivity contribution in [2.24, 2.45) is 0 Å². The first-order valence-corrected chi connectivity index (χ1v) is 7.95. The smallest absolute Gasteiger partial charge is 0.327 e. The number of carbonyl (C=O) groups excluding carboxylic acids is 1. The maximum absolute atomic E-state index is 12.3. The van der Waals surface area contributed by atoms with E-state index < -0.39 is 22.8 Å². The summed E-state index contributed by atoms with van der Waals surface area (Å²) in [5.41, 5.74) is 0. The Labute approximate surface area is 140 Å². The number of halogens is 1. The minimum atomic E-state index is -1.01. The fraction of sp³-hybridized carbons (Fsp3) is 0.583. The highest BCUT2D eigenvalue weighted by atomic mass is 35.5. The third-order valence-corrected chi connectivity index (χ3v) is 5.47. The number of aliphatic carboxylic acids is 1.